The van der Waals surface area contributed by atoms with E-state index in [0.717, 1.165) is 12.1 Å². The van der Waals surface area contributed by atoms with Crippen LogP contribution in [-0.4, -0.2) is 0 Å². The summed E-state index contributed by atoms with van der Waals surface area (Å²) >= 11 is 0. The molecule has 0 aliphatic carbocycles. The summed E-state index contributed by atoms with van der Waals surface area (Å²) in [6, 6.07) is 1.82. The van der Waals surface area contributed by atoms with Gasteiger partial charge in [-0.05, 0) is 6.07 Å². The van der Waals surface area contributed by atoms with Crippen LogP contribution < -0.4 is 48.0 Å². The van der Waals surface area contributed by atoms with Crippen molar-refractivity contribution in [3.63, 3.8) is 0 Å². The lowest BCUT2D eigenvalue weighted by Crippen LogP contribution is -2.64. The van der Waals surface area contributed by atoms with E-state index in [1.807, 2.05) is 0 Å². The van der Waals surface area contributed by atoms with Crippen molar-refractivity contribution in [2.45, 2.75) is 0 Å². The van der Waals surface area contributed by atoms with Gasteiger partial charge in [-0.1, -0.05) is 8.58 Å². The van der Waals surface area contributed by atoms with E-state index in [9.17, 15) is 28.0 Å². The summed E-state index contributed by atoms with van der Waals surface area (Å²) < 4.78 is 69.9. The minimum absolute atomic E-state index is 0.212. The number of halogens is 2. The van der Waals surface area contributed by atoms with Crippen LogP contribution in [-0.2, 0) is 0 Å². The molecule has 0 spiro atoms. The fourth-order valence-electron chi connectivity index (χ4n) is 0.931. The van der Waals surface area contributed by atoms with Crippen molar-refractivity contribution < 1.29 is 57.0 Å². The molecule has 4 N–H and O–H groups in total. The van der Waals surface area contributed by atoms with Crippen molar-refractivity contribution in [2.75, 3.05) is 11.5 Å². The van der Waals surface area contributed by atoms with Crippen molar-refractivity contribution in [3.05, 3.63) is 12.1 Å². The summed E-state index contributed by atoms with van der Waals surface area (Å²) in [5.41, 5.74) is 9.77. The number of anilines is 2. The molecule has 18 heavy (non-hydrogen) atoms. The van der Waals surface area contributed by atoms with E-state index in [-0.39, 0.29) is 5.69 Å². The predicted octanol–water partition coefficient (Wildman–Crippen LogP) is -6.60. The van der Waals surface area contributed by atoms with Gasteiger partial charge in [0.15, 0.2) is 0 Å². The first-order valence-corrected chi connectivity index (χ1v) is 6.35. The number of nitrogens with two attached hydrogens (primary N) is 2. The van der Waals surface area contributed by atoms with E-state index in [0.29, 0.717) is 0 Å². The second kappa shape index (κ2) is 4.79. The summed E-state index contributed by atoms with van der Waals surface area (Å²) in [6.45, 7) is 0. The molecule has 12 heteroatoms. The average Bonchev–Trinajstić information content (AvgIpc) is 2.14. The molecule has 0 unspecified atom stereocenters. The monoisotopic (exact) mass is 304 g/mol. The first-order valence-electron chi connectivity index (χ1n) is 3.88. The first kappa shape index (κ1) is 14.8. The standard InChI is InChI=1S/C6H6Cl2N2O8/c9-3-1-2-4(17-7(11,12)13)6(5(3)10)18-8(14,15)16/h1-2H,9-10H2. The third kappa shape index (κ3) is 4.21. The molecule has 0 bridgehead atoms. The molecular formula is C6H6Cl2N2O8. The zero-order chi connectivity index (χ0) is 14.1. The molecule has 0 radical (unpaired) electrons. The van der Waals surface area contributed by atoms with Crippen LogP contribution in [0.5, 0.6) is 11.5 Å². The van der Waals surface area contributed by atoms with Crippen molar-refractivity contribution in [2.24, 2.45) is 0 Å². The summed E-state index contributed by atoms with van der Waals surface area (Å²) in [4.78, 5) is 0. The molecule has 0 fully saturated rings. The normalized spacial score (nSPS) is 12.3. The van der Waals surface area contributed by atoms with E-state index in [4.69, 9.17) is 11.5 Å². The number of rotatable bonds is 4. The molecule has 0 atom stereocenters. The molecule has 102 valence electrons. The first-order chi connectivity index (χ1) is 7.99. The highest BCUT2D eigenvalue weighted by Crippen LogP contribution is 2.39. The maximum Gasteiger partial charge on any atom is 0.371 e. The number of nitrogen functional groups attached to an aromatic ring is 2. The van der Waals surface area contributed by atoms with Crippen LogP contribution in [0, 0.1) is 20.5 Å². The van der Waals surface area contributed by atoms with E-state index in [2.05, 4.69) is 8.58 Å². The Balaban J connectivity index is 3.22. The van der Waals surface area contributed by atoms with Crippen LogP contribution in [0.15, 0.2) is 12.1 Å². The lowest BCUT2D eigenvalue weighted by Gasteiger charge is -2.16. The highest BCUT2D eigenvalue weighted by molar-refractivity contribution is 5.74. The Morgan fingerprint density at radius 3 is 1.78 bits per heavy atom. The van der Waals surface area contributed by atoms with Gasteiger partial charge in [0, 0.05) is 6.07 Å². The molecule has 0 amide bonds. The molecule has 0 aliphatic rings. The van der Waals surface area contributed by atoms with E-state index < -0.39 is 37.7 Å². The molecule has 0 saturated carbocycles. The minimum Gasteiger partial charge on any atom is -0.397 e. The van der Waals surface area contributed by atoms with Gasteiger partial charge in [0.05, 0.1) is 5.69 Å². The number of hydrogen-bond donors (Lipinski definition) is 2. The Labute approximate surface area is 104 Å². The lowest BCUT2D eigenvalue weighted by atomic mass is 10.2. The molecule has 0 aliphatic heterocycles. The van der Waals surface area contributed by atoms with Crippen LogP contribution in [0.1, 0.15) is 0 Å². The van der Waals surface area contributed by atoms with Gasteiger partial charge >= 0.3 is 11.5 Å². The van der Waals surface area contributed by atoms with Gasteiger partial charge in [-0.25, -0.2) is 0 Å². The highest BCUT2D eigenvalue weighted by Gasteiger charge is 2.34. The average molecular weight is 305 g/mol. The predicted molar refractivity (Wildman–Crippen MR) is 36.5 cm³/mol. The van der Waals surface area contributed by atoms with Gasteiger partial charge in [-0.15, -0.1) is 0 Å². The molecular weight excluding hydrogens is 299 g/mol. The second-order valence-corrected chi connectivity index (χ2v) is 4.63. The van der Waals surface area contributed by atoms with Crippen LogP contribution in [0.2, 0.25) is 0 Å². The molecule has 0 aromatic heterocycles. The Kier molecular flexibility index (Phi) is 3.95. The zero-order valence-corrected chi connectivity index (χ0v) is 9.84. The molecule has 1 rings (SSSR count). The van der Waals surface area contributed by atoms with Gasteiger partial charge in [-0.3, -0.25) is 0 Å². The van der Waals surface area contributed by atoms with E-state index >= 15 is 0 Å². The fraction of sp³-hybridized carbons (Fsp3) is 0. The van der Waals surface area contributed by atoms with Gasteiger partial charge in [0.25, 0.3) is 0 Å². The smallest absolute Gasteiger partial charge is 0.371 e. The van der Waals surface area contributed by atoms with Crippen LogP contribution >= 0.6 is 0 Å². The maximum absolute atomic E-state index is 10.4. The minimum atomic E-state index is -4.98. The highest BCUT2D eigenvalue weighted by atomic mass is 35.7. The van der Waals surface area contributed by atoms with Crippen molar-refractivity contribution in [3.8, 4) is 11.5 Å². The molecule has 0 saturated heterocycles. The Hall–Kier alpha value is -1.24. The summed E-state index contributed by atoms with van der Waals surface area (Å²) in [7, 11) is -9.91. The summed E-state index contributed by atoms with van der Waals surface area (Å²) in [6.07, 6.45) is 0. The van der Waals surface area contributed by atoms with Crippen LogP contribution in [0.25, 0.3) is 0 Å². The topological polar surface area (TPSA) is 209 Å². The third-order valence-corrected chi connectivity index (χ3v) is 2.24. The Morgan fingerprint density at radius 1 is 0.833 bits per heavy atom. The maximum atomic E-state index is 10.4. The zero-order valence-electron chi connectivity index (χ0n) is 8.33. The summed E-state index contributed by atoms with van der Waals surface area (Å²) in [5.74, 6) is -1.87. The number of benzene rings is 1. The van der Waals surface area contributed by atoms with Gasteiger partial charge in [-0.2, -0.15) is 28.0 Å². The van der Waals surface area contributed by atoms with E-state index in [1.54, 1.807) is 0 Å². The van der Waals surface area contributed by atoms with Gasteiger partial charge < -0.3 is 11.5 Å². The Morgan fingerprint density at radius 2 is 1.33 bits per heavy atom. The van der Waals surface area contributed by atoms with Crippen LogP contribution in [0.4, 0.5) is 11.4 Å². The molecule has 10 nitrogen and oxygen atoms in total. The van der Waals surface area contributed by atoms with E-state index in [1.165, 1.54) is 0 Å². The largest absolute Gasteiger partial charge is 0.397 e. The molecule has 1 aromatic rings. The third-order valence-electron chi connectivity index (χ3n) is 1.54. The van der Waals surface area contributed by atoms with Crippen molar-refractivity contribution in [1.82, 2.24) is 0 Å². The Bertz CT molecular complexity index is 442. The van der Waals surface area contributed by atoms with Gasteiger partial charge in [0.1, 0.15) is 26.2 Å². The quantitative estimate of drug-likeness (QED) is 0.502. The summed E-state index contributed by atoms with van der Waals surface area (Å²) in [5, 5.41) is 0. The van der Waals surface area contributed by atoms with Crippen molar-refractivity contribution in [1.29, 1.82) is 0 Å². The molecule has 0 heterocycles. The number of hydrogen-bond acceptors (Lipinski definition) is 10. The van der Waals surface area contributed by atoms with Crippen molar-refractivity contribution >= 4 is 11.4 Å². The fourth-order valence-corrected chi connectivity index (χ4v) is 1.60. The van der Waals surface area contributed by atoms with Gasteiger partial charge in [0.2, 0.25) is 0 Å². The SMILES string of the molecule is Nc1ccc(O[Cl+3]([O-])([O-])[O-])c(O[Cl+3]([O-])([O-])[O-])c1N. The second-order valence-electron chi connectivity index (χ2n) is 2.81. The molecule has 1 aromatic carbocycles. The van der Waals surface area contributed by atoms with Crippen LogP contribution in [0.3, 0.4) is 0 Å². The lowest BCUT2D eigenvalue weighted by molar-refractivity contribution is -1.91.